The average molecular weight is 237 g/mol. The number of hydrogen-bond donors (Lipinski definition) is 1. The number of amides is 1. The van der Waals surface area contributed by atoms with Gasteiger partial charge in [0.2, 0.25) is 5.91 Å². The van der Waals surface area contributed by atoms with Gasteiger partial charge >= 0.3 is 0 Å². The first-order valence-corrected chi connectivity index (χ1v) is 5.62. The van der Waals surface area contributed by atoms with Crippen molar-refractivity contribution < 1.29 is 9.18 Å². The molecule has 5 heteroatoms. The number of carbonyl (C=O) groups excluding carboxylic acids is 1. The molecule has 0 aliphatic carbocycles. The summed E-state index contributed by atoms with van der Waals surface area (Å²) in [6.07, 6.45) is 0.375. The molecule has 0 spiro atoms. The molecule has 2 N–H and O–H groups in total. The van der Waals surface area contributed by atoms with Crippen molar-refractivity contribution in [3.63, 3.8) is 0 Å². The third-order valence-electron chi connectivity index (χ3n) is 3.06. The van der Waals surface area contributed by atoms with Gasteiger partial charge in [-0.3, -0.25) is 9.80 Å². The van der Waals surface area contributed by atoms with Crippen molar-refractivity contribution in [3.8, 4) is 0 Å². The quantitative estimate of drug-likeness (QED) is 0.850. The molecule has 1 aromatic carbocycles. The van der Waals surface area contributed by atoms with Gasteiger partial charge in [0.25, 0.3) is 0 Å². The zero-order chi connectivity index (χ0) is 12.4. The molecule has 1 unspecified atom stereocenters. The molecule has 92 valence electrons. The molecule has 1 aliphatic heterocycles. The van der Waals surface area contributed by atoms with E-state index in [1.165, 1.54) is 12.1 Å². The highest BCUT2D eigenvalue weighted by Crippen LogP contribution is 2.31. The number of halogens is 1. The van der Waals surface area contributed by atoms with Gasteiger partial charge in [0.15, 0.2) is 0 Å². The summed E-state index contributed by atoms with van der Waals surface area (Å²) in [6.45, 7) is 0.924. The molecule has 0 radical (unpaired) electrons. The lowest BCUT2D eigenvalue weighted by Gasteiger charge is -2.28. The smallest absolute Gasteiger partial charge is 0.238 e. The fourth-order valence-electron chi connectivity index (χ4n) is 2.20. The first kappa shape index (κ1) is 12.0. The van der Waals surface area contributed by atoms with Gasteiger partial charge in [0, 0.05) is 26.6 Å². The Hall–Kier alpha value is -1.46. The van der Waals surface area contributed by atoms with Crippen LogP contribution in [0, 0.1) is 5.82 Å². The van der Waals surface area contributed by atoms with Crippen LogP contribution in [0.3, 0.4) is 0 Å². The normalized spacial score (nSPS) is 21.2. The maximum atomic E-state index is 13.2. The van der Waals surface area contributed by atoms with Crippen LogP contribution in [0.2, 0.25) is 0 Å². The van der Waals surface area contributed by atoms with E-state index in [1.807, 2.05) is 18.1 Å². The highest BCUT2D eigenvalue weighted by Gasteiger charge is 2.35. The van der Waals surface area contributed by atoms with Crippen LogP contribution in [-0.4, -0.2) is 36.1 Å². The Morgan fingerprint density at radius 2 is 2.29 bits per heavy atom. The fraction of sp³-hybridized carbons (Fsp3) is 0.417. The van der Waals surface area contributed by atoms with Crippen LogP contribution in [0.1, 0.15) is 18.0 Å². The van der Waals surface area contributed by atoms with Gasteiger partial charge < -0.3 is 5.73 Å². The molecule has 1 heterocycles. The summed E-state index contributed by atoms with van der Waals surface area (Å²) in [5.41, 5.74) is 6.28. The van der Waals surface area contributed by atoms with E-state index in [2.05, 4.69) is 0 Å². The third-order valence-corrected chi connectivity index (χ3v) is 3.06. The van der Waals surface area contributed by atoms with Gasteiger partial charge in [-0.05, 0) is 17.7 Å². The van der Waals surface area contributed by atoms with Crippen molar-refractivity contribution in [1.29, 1.82) is 0 Å². The molecule has 4 nitrogen and oxygen atoms in total. The first-order valence-electron chi connectivity index (χ1n) is 5.62. The van der Waals surface area contributed by atoms with E-state index >= 15 is 0 Å². The molecule has 1 aliphatic rings. The molecular weight excluding hydrogens is 221 g/mol. The molecular formula is C12H16FN3O. The van der Waals surface area contributed by atoms with E-state index in [4.69, 9.17) is 5.73 Å². The summed E-state index contributed by atoms with van der Waals surface area (Å²) in [5.74, 6) is -0.243. The second-order valence-corrected chi connectivity index (χ2v) is 4.15. The Morgan fingerprint density at radius 3 is 2.94 bits per heavy atom. The third kappa shape index (κ3) is 2.30. The lowest BCUT2D eigenvalue weighted by molar-refractivity contribution is -0.136. The molecule has 17 heavy (non-hydrogen) atoms. The van der Waals surface area contributed by atoms with Gasteiger partial charge in [-0.15, -0.1) is 0 Å². The molecule has 1 atom stereocenters. The van der Waals surface area contributed by atoms with Gasteiger partial charge in [0.05, 0.1) is 6.04 Å². The molecule has 0 saturated carbocycles. The molecule has 0 aromatic heterocycles. The first-order chi connectivity index (χ1) is 8.13. The number of benzene rings is 1. The molecule has 0 bridgehead atoms. The van der Waals surface area contributed by atoms with E-state index in [-0.39, 0.29) is 17.8 Å². The molecule has 1 amide bonds. The van der Waals surface area contributed by atoms with Crippen molar-refractivity contribution in [2.24, 2.45) is 5.73 Å². The number of hydrogen-bond acceptors (Lipinski definition) is 3. The van der Waals surface area contributed by atoms with Gasteiger partial charge in [0.1, 0.15) is 5.82 Å². The number of carbonyl (C=O) groups is 1. The standard InChI is InChI=1S/C12H16FN3O/c1-15-11(8-12(17)16(15)6-5-14)9-3-2-4-10(13)7-9/h2-4,7,11H,5-6,8,14H2,1H3. The second kappa shape index (κ2) is 4.81. The summed E-state index contributed by atoms with van der Waals surface area (Å²) in [5, 5.41) is 3.46. The number of hydrazine groups is 1. The van der Waals surface area contributed by atoms with Gasteiger partial charge in [-0.25, -0.2) is 9.40 Å². The predicted octanol–water partition coefficient (Wildman–Crippen LogP) is 0.905. The van der Waals surface area contributed by atoms with Crippen LogP contribution >= 0.6 is 0 Å². The molecule has 1 aromatic rings. The second-order valence-electron chi connectivity index (χ2n) is 4.15. The summed E-state index contributed by atoms with van der Waals surface area (Å²) in [7, 11) is 1.83. The monoisotopic (exact) mass is 237 g/mol. The maximum Gasteiger partial charge on any atom is 0.238 e. The topological polar surface area (TPSA) is 49.6 Å². The molecule has 2 rings (SSSR count). The Bertz CT molecular complexity index is 424. The van der Waals surface area contributed by atoms with Crippen LogP contribution in [0.25, 0.3) is 0 Å². The van der Waals surface area contributed by atoms with Gasteiger partial charge in [-0.2, -0.15) is 0 Å². The predicted molar refractivity (Wildman–Crippen MR) is 62.3 cm³/mol. The Morgan fingerprint density at radius 1 is 1.53 bits per heavy atom. The minimum atomic E-state index is -0.277. The van der Waals surface area contributed by atoms with Crippen LogP contribution in [0.15, 0.2) is 24.3 Å². The van der Waals surface area contributed by atoms with Crippen molar-refractivity contribution >= 4 is 5.91 Å². The highest BCUT2D eigenvalue weighted by atomic mass is 19.1. The zero-order valence-electron chi connectivity index (χ0n) is 9.77. The largest absolute Gasteiger partial charge is 0.329 e. The van der Waals surface area contributed by atoms with Gasteiger partial charge in [-0.1, -0.05) is 12.1 Å². The maximum absolute atomic E-state index is 13.2. The summed E-state index contributed by atoms with van der Waals surface area (Å²) >= 11 is 0. The Kier molecular flexibility index (Phi) is 3.40. The number of rotatable bonds is 3. The Balaban J connectivity index is 2.21. The average Bonchev–Trinajstić information content (AvgIpc) is 2.57. The Labute approximate surface area is 99.8 Å². The van der Waals surface area contributed by atoms with Crippen LogP contribution < -0.4 is 5.73 Å². The molecule has 1 saturated heterocycles. The lowest BCUT2D eigenvalue weighted by Crippen LogP contribution is -2.40. The van der Waals surface area contributed by atoms with E-state index in [0.29, 0.717) is 19.5 Å². The number of nitrogens with zero attached hydrogens (tertiary/aromatic N) is 2. The lowest BCUT2D eigenvalue weighted by atomic mass is 10.0. The van der Waals surface area contributed by atoms with Crippen LogP contribution in [0.5, 0.6) is 0 Å². The van der Waals surface area contributed by atoms with E-state index < -0.39 is 0 Å². The van der Waals surface area contributed by atoms with E-state index in [1.54, 1.807) is 11.1 Å². The van der Waals surface area contributed by atoms with Crippen molar-refractivity contribution in [2.75, 3.05) is 20.1 Å². The van der Waals surface area contributed by atoms with E-state index in [9.17, 15) is 9.18 Å². The van der Waals surface area contributed by atoms with Crippen LogP contribution in [0.4, 0.5) is 4.39 Å². The number of nitrogens with two attached hydrogens (primary N) is 1. The van der Waals surface area contributed by atoms with Crippen LogP contribution in [-0.2, 0) is 4.79 Å². The van der Waals surface area contributed by atoms with Crippen molar-refractivity contribution in [2.45, 2.75) is 12.5 Å². The minimum Gasteiger partial charge on any atom is -0.329 e. The minimum absolute atomic E-state index is 0.0345. The molecule has 1 fully saturated rings. The highest BCUT2D eigenvalue weighted by molar-refractivity contribution is 5.78. The SMILES string of the molecule is CN1C(c2cccc(F)c2)CC(=O)N1CCN. The summed E-state index contributed by atoms with van der Waals surface area (Å²) < 4.78 is 13.2. The summed E-state index contributed by atoms with van der Waals surface area (Å²) in [4.78, 5) is 11.8. The van der Waals surface area contributed by atoms with Crippen molar-refractivity contribution in [3.05, 3.63) is 35.6 Å². The fourth-order valence-corrected chi connectivity index (χ4v) is 2.20. The van der Waals surface area contributed by atoms with E-state index in [0.717, 1.165) is 5.56 Å². The summed E-state index contributed by atoms with van der Waals surface area (Å²) in [6, 6.07) is 6.28. The van der Waals surface area contributed by atoms with Crippen molar-refractivity contribution in [1.82, 2.24) is 10.0 Å². The zero-order valence-corrected chi connectivity index (χ0v) is 9.77.